The molecule has 1 heterocycles. The van der Waals surface area contributed by atoms with Crippen molar-refractivity contribution in [2.45, 2.75) is 38.8 Å². The number of aromatic nitrogens is 2. The number of halogens is 3. The maximum absolute atomic E-state index is 13.3. The quantitative estimate of drug-likeness (QED) is 0.641. The number of nitrogens with one attached hydrogen (secondary N) is 1. The van der Waals surface area contributed by atoms with Crippen LogP contribution >= 0.6 is 0 Å². The first kappa shape index (κ1) is 20.0. The molecule has 1 atom stereocenters. The molecule has 1 aromatic heterocycles. The zero-order chi connectivity index (χ0) is 21.3. The van der Waals surface area contributed by atoms with E-state index in [1.54, 1.807) is 35.9 Å². The van der Waals surface area contributed by atoms with Crippen molar-refractivity contribution >= 4 is 5.91 Å². The van der Waals surface area contributed by atoms with Crippen LogP contribution in [0.15, 0.2) is 48.5 Å². The summed E-state index contributed by atoms with van der Waals surface area (Å²) in [5, 5.41) is 7.37. The van der Waals surface area contributed by atoms with Crippen molar-refractivity contribution < 1.29 is 22.7 Å². The van der Waals surface area contributed by atoms with Gasteiger partial charge in [-0.25, -0.2) is 9.07 Å². The predicted molar refractivity (Wildman–Crippen MR) is 105 cm³/mol. The van der Waals surface area contributed by atoms with Crippen LogP contribution in [0.4, 0.5) is 13.2 Å². The van der Waals surface area contributed by atoms with Gasteiger partial charge in [0.05, 0.1) is 11.7 Å². The third-order valence-electron chi connectivity index (χ3n) is 5.15. The standard InChI is InChI=1S/C22H20F3N3O2/c1-13(14-4-2-5-17(12-14)30-22(24)25)26-21(29)20-18-6-3-7-19(18)28(27-20)16-10-8-15(23)9-11-16/h2,4-5,8-13,22H,3,6-7H2,1H3,(H,26,29). The zero-order valence-corrected chi connectivity index (χ0v) is 16.2. The molecule has 0 saturated heterocycles. The number of carbonyl (C=O) groups excluding carboxylic acids is 1. The lowest BCUT2D eigenvalue weighted by molar-refractivity contribution is -0.0499. The van der Waals surface area contributed by atoms with E-state index in [4.69, 9.17) is 0 Å². The Balaban J connectivity index is 1.57. The minimum absolute atomic E-state index is 0.0325. The number of ether oxygens (including phenoxy) is 1. The fourth-order valence-electron chi connectivity index (χ4n) is 3.72. The average molecular weight is 415 g/mol. The monoisotopic (exact) mass is 415 g/mol. The number of alkyl halides is 2. The molecule has 1 aliphatic rings. The number of carbonyl (C=O) groups is 1. The largest absolute Gasteiger partial charge is 0.435 e. The van der Waals surface area contributed by atoms with Gasteiger partial charge in [0.25, 0.3) is 5.91 Å². The first-order chi connectivity index (χ1) is 14.4. The van der Waals surface area contributed by atoms with Crippen molar-refractivity contribution in [3.05, 3.63) is 76.9 Å². The highest BCUT2D eigenvalue weighted by molar-refractivity contribution is 5.94. The molecule has 0 aliphatic heterocycles. The van der Waals surface area contributed by atoms with Crippen molar-refractivity contribution in [1.29, 1.82) is 0 Å². The van der Waals surface area contributed by atoms with Gasteiger partial charge in [0.15, 0.2) is 5.69 Å². The molecule has 5 nitrogen and oxygen atoms in total. The Labute approximate surface area is 171 Å². The van der Waals surface area contributed by atoms with E-state index in [0.29, 0.717) is 16.9 Å². The molecule has 0 fully saturated rings. The van der Waals surface area contributed by atoms with Gasteiger partial charge in [-0.2, -0.15) is 13.9 Å². The van der Waals surface area contributed by atoms with Crippen LogP contribution < -0.4 is 10.1 Å². The van der Waals surface area contributed by atoms with Crippen LogP contribution in [-0.2, 0) is 12.8 Å². The maximum atomic E-state index is 13.3. The molecule has 30 heavy (non-hydrogen) atoms. The van der Waals surface area contributed by atoms with E-state index in [0.717, 1.165) is 30.5 Å². The molecule has 0 saturated carbocycles. The fraction of sp³-hybridized carbons (Fsp3) is 0.273. The van der Waals surface area contributed by atoms with Crippen molar-refractivity contribution in [2.75, 3.05) is 0 Å². The Hall–Kier alpha value is -3.29. The average Bonchev–Trinajstić information content (AvgIpc) is 3.31. The maximum Gasteiger partial charge on any atom is 0.387 e. The van der Waals surface area contributed by atoms with E-state index in [2.05, 4.69) is 15.2 Å². The van der Waals surface area contributed by atoms with Gasteiger partial charge in [-0.15, -0.1) is 0 Å². The Morgan fingerprint density at radius 2 is 1.93 bits per heavy atom. The number of fused-ring (bicyclic) bond motifs is 1. The predicted octanol–water partition coefficient (Wildman–Crippen LogP) is 4.59. The first-order valence-electron chi connectivity index (χ1n) is 9.64. The summed E-state index contributed by atoms with van der Waals surface area (Å²) < 4.78 is 44.3. The van der Waals surface area contributed by atoms with Crippen molar-refractivity contribution in [3.8, 4) is 11.4 Å². The van der Waals surface area contributed by atoms with E-state index in [-0.39, 0.29) is 17.5 Å². The van der Waals surface area contributed by atoms with Gasteiger partial charge in [0.1, 0.15) is 11.6 Å². The number of rotatable bonds is 6. The van der Waals surface area contributed by atoms with Crippen LogP contribution in [0.1, 0.15) is 46.7 Å². The molecule has 1 amide bonds. The minimum atomic E-state index is -2.91. The van der Waals surface area contributed by atoms with Crippen LogP contribution in [0.2, 0.25) is 0 Å². The van der Waals surface area contributed by atoms with Crippen LogP contribution in [0, 0.1) is 5.82 Å². The number of amides is 1. The third kappa shape index (κ3) is 4.03. The van der Waals surface area contributed by atoms with Crippen LogP contribution in [0.25, 0.3) is 5.69 Å². The first-order valence-corrected chi connectivity index (χ1v) is 9.64. The van der Waals surface area contributed by atoms with E-state index in [1.807, 2.05) is 0 Å². The highest BCUT2D eigenvalue weighted by Crippen LogP contribution is 2.28. The summed E-state index contributed by atoms with van der Waals surface area (Å²) in [7, 11) is 0. The van der Waals surface area contributed by atoms with E-state index in [1.165, 1.54) is 24.3 Å². The van der Waals surface area contributed by atoms with Gasteiger partial charge in [0, 0.05) is 11.3 Å². The zero-order valence-electron chi connectivity index (χ0n) is 16.2. The van der Waals surface area contributed by atoms with E-state index >= 15 is 0 Å². The summed E-state index contributed by atoms with van der Waals surface area (Å²) >= 11 is 0. The van der Waals surface area contributed by atoms with E-state index in [9.17, 15) is 18.0 Å². The van der Waals surface area contributed by atoms with Gasteiger partial charge in [-0.1, -0.05) is 12.1 Å². The second-order valence-electron chi connectivity index (χ2n) is 7.16. The van der Waals surface area contributed by atoms with Crippen LogP contribution in [0.5, 0.6) is 5.75 Å². The molecule has 2 aromatic carbocycles. The van der Waals surface area contributed by atoms with Crippen molar-refractivity contribution in [2.24, 2.45) is 0 Å². The molecule has 1 aliphatic carbocycles. The van der Waals surface area contributed by atoms with Gasteiger partial charge in [-0.05, 0) is 68.1 Å². The molecule has 4 rings (SSSR count). The molecule has 3 aromatic rings. The molecule has 0 bridgehead atoms. The molecule has 0 spiro atoms. The lowest BCUT2D eigenvalue weighted by Gasteiger charge is -2.15. The molecular formula is C22H20F3N3O2. The molecular weight excluding hydrogens is 395 g/mol. The molecule has 1 N–H and O–H groups in total. The van der Waals surface area contributed by atoms with Gasteiger partial charge >= 0.3 is 6.61 Å². The molecule has 1 unspecified atom stereocenters. The van der Waals surface area contributed by atoms with Gasteiger partial charge in [-0.3, -0.25) is 4.79 Å². The normalized spacial score (nSPS) is 13.9. The van der Waals surface area contributed by atoms with Gasteiger partial charge in [0.2, 0.25) is 0 Å². The Kier molecular flexibility index (Phi) is 5.48. The summed E-state index contributed by atoms with van der Waals surface area (Å²) in [6.07, 6.45) is 2.44. The summed E-state index contributed by atoms with van der Waals surface area (Å²) in [6.45, 7) is -1.15. The van der Waals surface area contributed by atoms with Crippen molar-refractivity contribution in [3.63, 3.8) is 0 Å². The summed E-state index contributed by atoms with van der Waals surface area (Å²) in [5.74, 6) is -0.654. The highest BCUT2D eigenvalue weighted by atomic mass is 19.3. The lowest BCUT2D eigenvalue weighted by atomic mass is 10.1. The number of hydrogen-bond donors (Lipinski definition) is 1. The van der Waals surface area contributed by atoms with Gasteiger partial charge < -0.3 is 10.1 Å². The number of hydrogen-bond acceptors (Lipinski definition) is 3. The Bertz CT molecular complexity index is 1060. The highest BCUT2D eigenvalue weighted by Gasteiger charge is 2.27. The second kappa shape index (κ2) is 8.22. The van der Waals surface area contributed by atoms with Crippen LogP contribution in [0.3, 0.4) is 0 Å². The smallest absolute Gasteiger partial charge is 0.387 e. The summed E-state index contributed by atoms with van der Waals surface area (Å²) in [6, 6.07) is 11.7. The van der Waals surface area contributed by atoms with E-state index < -0.39 is 12.7 Å². The fourth-order valence-corrected chi connectivity index (χ4v) is 3.72. The number of nitrogens with zero attached hydrogens (tertiary/aromatic N) is 2. The minimum Gasteiger partial charge on any atom is -0.435 e. The third-order valence-corrected chi connectivity index (χ3v) is 5.15. The number of benzene rings is 2. The van der Waals surface area contributed by atoms with Crippen molar-refractivity contribution in [1.82, 2.24) is 15.1 Å². The molecule has 8 heteroatoms. The van der Waals surface area contributed by atoms with Crippen LogP contribution in [-0.4, -0.2) is 22.3 Å². The Morgan fingerprint density at radius 1 is 1.17 bits per heavy atom. The summed E-state index contributed by atoms with van der Waals surface area (Å²) in [4.78, 5) is 13.0. The Morgan fingerprint density at radius 3 is 2.67 bits per heavy atom. The molecule has 0 radical (unpaired) electrons. The SMILES string of the molecule is CC(NC(=O)c1nn(-c2ccc(F)cc2)c2c1CCC2)c1cccc(OC(F)F)c1. The second-order valence-corrected chi connectivity index (χ2v) is 7.16. The summed E-state index contributed by atoms with van der Waals surface area (Å²) in [5.41, 5.74) is 3.50. The molecule has 156 valence electrons. The topological polar surface area (TPSA) is 56.2 Å². The lowest BCUT2D eigenvalue weighted by Crippen LogP contribution is -2.28.